The fraction of sp³-hybridized carbons (Fsp3) is 0.231. The number of para-hydroxylation sites is 2. The topological polar surface area (TPSA) is 6.48 Å². The van der Waals surface area contributed by atoms with Gasteiger partial charge in [-0.05, 0) is 107 Å². The van der Waals surface area contributed by atoms with Crippen molar-refractivity contribution in [2.24, 2.45) is 0 Å². The van der Waals surface area contributed by atoms with Crippen molar-refractivity contribution in [3.63, 3.8) is 0 Å². The molecule has 2 atom stereocenters. The second-order valence-corrected chi connectivity index (χ2v) is 14.8. The van der Waals surface area contributed by atoms with Gasteiger partial charge in [0.05, 0.1) is 5.54 Å². The molecule has 4 aliphatic rings. The molecule has 208 valence electrons. The minimum Gasteiger partial charge on any atom is -0.335 e. The summed E-state index contributed by atoms with van der Waals surface area (Å²) in [6, 6.07) is 37.1. The van der Waals surface area contributed by atoms with Crippen molar-refractivity contribution in [3.05, 3.63) is 108 Å². The van der Waals surface area contributed by atoms with Crippen molar-refractivity contribution < 1.29 is 0 Å². The highest BCUT2D eigenvalue weighted by Crippen LogP contribution is 2.61. The molecule has 5 aromatic carbocycles. The molecule has 1 saturated carbocycles. The van der Waals surface area contributed by atoms with Crippen LogP contribution in [0, 0.1) is 6.92 Å². The zero-order valence-electron chi connectivity index (χ0n) is 24.9. The first kappa shape index (κ1) is 24.4. The van der Waals surface area contributed by atoms with Gasteiger partial charge in [0.1, 0.15) is 0 Å². The van der Waals surface area contributed by atoms with E-state index in [-0.39, 0.29) is 17.7 Å². The molecular weight excluding hydrogens is 539 g/mol. The van der Waals surface area contributed by atoms with Crippen molar-refractivity contribution in [2.45, 2.75) is 57.4 Å². The molecule has 1 fully saturated rings. The van der Waals surface area contributed by atoms with E-state index < -0.39 is 0 Å². The molecule has 6 aromatic rings. The van der Waals surface area contributed by atoms with Gasteiger partial charge in [0.15, 0.2) is 0 Å². The third-order valence-electron chi connectivity index (χ3n) is 11.6. The summed E-state index contributed by atoms with van der Waals surface area (Å²) >= 11 is 1.93. The van der Waals surface area contributed by atoms with Crippen LogP contribution >= 0.6 is 11.3 Å². The first-order valence-electron chi connectivity index (χ1n) is 15.9. The molecule has 0 bridgehead atoms. The van der Waals surface area contributed by atoms with Gasteiger partial charge in [-0.3, -0.25) is 0 Å². The highest BCUT2D eigenvalue weighted by molar-refractivity contribution is 7.26. The molecule has 3 aliphatic heterocycles. The highest BCUT2D eigenvalue weighted by Gasteiger charge is 2.61. The Morgan fingerprint density at radius 2 is 1.51 bits per heavy atom. The molecule has 4 heterocycles. The Hall–Kier alpha value is -4.02. The number of benzene rings is 5. The number of aryl methyl sites for hydroxylation is 1. The summed E-state index contributed by atoms with van der Waals surface area (Å²) < 4.78 is 2.75. The van der Waals surface area contributed by atoms with Gasteiger partial charge in [-0.2, -0.15) is 0 Å². The van der Waals surface area contributed by atoms with Gasteiger partial charge in [0, 0.05) is 43.3 Å². The van der Waals surface area contributed by atoms with E-state index in [0.29, 0.717) is 0 Å². The molecule has 0 radical (unpaired) electrons. The van der Waals surface area contributed by atoms with Crippen LogP contribution < -0.4 is 26.2 Å². The zero-order chi connectivity index (χ0) is 28.7. The molecule has 0 spiro atoms. The third-order valence-corrected chi connectivity index (χ3v) is 12.8. The minimum atomic E-state index is 0.0508. The van der Waals surface area contributed by atoms with E-state index >= 15 is 0 Å². The first-order valence-corrected chi connectivity index (χ1v) is 16.7. The van der Waals surface area contributed by atoms with Gasteiger partial charge in [0.25, 0.3) is 6.71 Å². The third kappa shape index (κ3) is 2.82. The zero-order valence-corrected chi connectivity index (χ0v) is 25.8. The highest BCUT2D eigenvalue weighted by atomic mass is 32.1. The van der Waals surface area contributed by atoms with E-state index in [4.69, 9.17) is 0 Å². The summed E-state index contributed by atoms with van der Waals surface area (Å²) in [7, 11) is 0. The fourth-order valence-electron chi connectivity index (χ4n) is 9.58. The van der Waals surface area contributed by atoms with Crippen molar-refractivity contribution >= 4 is 83.0 Å². The largest absolute Gasteiger partial charge is 0.335 e. The van der Waals surface area contributed by atoms with E-state index in [9.17, 15) is 0 Å². The average molecular weight is 573 g/mol. The molecule has 0 N–H and O–H groups in total. The molecular formula is C39H33BN2S. The van der Waals surface area contributed by atoms with Crippen LogP contribution in [0.3, 0.4) is 0 Å². The van der Waals surface area contributed by atoms with Gasteiger partial charge in [-0.15, -0.1) is 11.3 Å². The van der Waals surface area contributed by atoms with Crippen molar-refractivity contribution in [3.8, 4) is 0 Å². The van der Waals surface area contributed by atoms with Crippen molar-refractivity contribution in [1.29, 1.82) is 0 Å². The van der Waals surface area contributed by atoms with E-state index in [0.717, 1.165) is 0 Å². The minimum absolute atomic E-state index is 0.0508. The monoisotopic (exact) mass is 572 g/mol. The second kappa shape index (κ2) is 8.12. The van der Waals surface area contributed by atoms with Crippen molar-refractivity contribution in [2.75, 3.05) is 9.80 Å². The van der Waals surface area contributed by atoms with Gasteiger partial charge >= 0.3 is 0 Å². The summed E-state index contributed by atoms with van der Waals surface area (Å²) in [6.45, 7) is 7.61. The fourth-order valence-corrected chi connectivity index (χ4v) is 10.7. The Labute approximate surface area is 257 Å². The smallest absolute Gasteiger partial charge is 0.252 e. The summed E-state index contributed by atoms with van der Waals surface area (Å²) in [6.07, 6.45) is 5.08. The SMILES string of the molecule is Cc1cc2c3c(c1)N1c4c(cccc4C4(C)CCCCC14C)B3c1c(ccc3sc4ccccc4c13)N2c1ccccc1. The second-order valence-electron chi connectivity index (χ2n) is 13.7. The van der Waals surface area contributed by atoms with Gasteiger partial charge in [-0.25, -0.2) is 0 Å². The molecule has 43 heavy (non-hydrogen) atoms. The molecule has 2 nitrogen and oxygen atoms in total. The number of rotatable bonds is 1. The number of anilines is 5. The van der Waals surface area contributed by atoms with Crippen LogP contribution in [0.25, 0.3) is 20.2 Å². The summed E-state index contributed by atoms with van der Waals surface area (Å²) in [5.74, 6) is 0. The van der Waals surface area contributed by atoms with Crippen LogP contribution in [0.5, 0.6) is 0 Å². The Morgan fingerprint density at radius 1 is 0.721 bits per heavy atom. The van der Waals surface area contributed by atoms with E-state index in [1.807, 2.05) is 11.3 Å². The molecule has 0 amide bonds. The van der Waals surface area contributed by atoms with Crippen LogP contribution in [0.2, 0.25) is 0 Å². The molecule has 1 aliphatic carbocycles. The van der Waals surface area contributed by atoms with E-state index in [1.165, 1.54) is 96.2 Å². The van der Waals surface area contributed by atoms with Gasteiger partial charge in [-0.1, -0.05) is 74.4 Å². The standard InChI is InChI=1S/C39H33BN2S/c1-24-22-30-35-31(23-24)42-37-27(38(2)20-9-10-21-39(38,42)3)15-11-16-28(37)40(35)36-29(41(30)25-12-5-4-6-13-25)18-19-33-34(36)26-14-7-8-17-32(26)43-33/h4-8,11-19,22-23H,9-10,20-21H2,1-3H3. The van der Waals surface area contributed by atoms with Gasteiger partial charge in [0.2, 0.25) is 0 Å². The average Bonchev–Trinajstić information content (AvgIpc) is 3.50. The predicted octanol–water partition coefficient (Wildman–Crippen LogP) is 8.72. The van der Waals surface area contributed by atoms with Crippen LogP contribution in [0.15, 0.2) is 97.1 Å². The quantitative estimate of drug-likeness (QED) is 0.182. The van der Waals surface area contributed by atoms with Crippen LogP contribution in [-0.4, -0.2) is 12.3 Å². The molecule has 4 heteroatoms. The van der Waals surface area contributed by atoms with Gasteiger partial charge < -0.3 is 9.80 Å². The Bertz CT molecular complexity index is 2170. The van der Waals surface area contributed by atoms with E-state index in [2.05, 4.69) is 128 Å². The molecule has 10 rings (SSSR count). The summed E-state index contributed by atoms with van der Waals surface area (Å²) in [5.41, 5.74) is 14.3. The molecule has 1 aromatic heterocycles. The predicted molar refractivity (Wildman–Crippen MR) is 186 cm³/mol. The first-order chi connectivity index (χ1) is 21.0. The maximum absolute atomic E-state index is 2.83. The van der Waals surface area contributed by atoms with Crippen LogP contribution in [-0.2, 0) is 5.41 Å². The maximum Gasteiger partial charge on any atom is 0.252 e. The Balaban J connectivity index is 1.40. The summed E-state index contributed by atoms with van der Waals surface area (Å²) in [4.78, 5) is 5.40. The Morgan fingerprint density at radius 3 is 2.40 bits per heavy atom. The molecule has 2 unspecified atom stereocenters. The lowest BCUT2D eigenvalue weighted by Crippen LogP contribution is -2.64. The number of thiophene rings is 1. The maximum atomic E-state index is 2.83. The lowest BCUT2D eigenvalue weighted by Gasteiger charge is -2.53. The summed E-state index contributed by atoms with van der Waals surface area (Å²) in [5, 5.41) is 2.81. The number of hydrogen-bond acceptors (Lipinski definition) is 3. The lowest BCUT2D eigenvalue weighted by atomic mass is 9.33. The van der Waals surface area contributed by atoms with Crippen LogP contribution in [0.4, 0.5) is 28.4 Å². The number of fused-ring (bicyclic) bond motifs is 11. The lowest BCUT2D eigenvalue weighted by molar-refractivity contribution is 0.195. The molecule has 0 saturated heterocycles. The van der Waals surface area contributed by atoms with Crippen molar-refractivity contribution in [1.82, 2.24) is 0 Å². The van der Waals surface area contributed by atoms with Crippen LogP contribution in [0.1, 0.15) is 50.7 Å². The van der Waals surface area contributed by atoms with E-state index in [1.54, 1.807) is 5.56 Å². The number of nitrogens with zero attached hydrogens (tertiary/aromatic N) is 2. The normalized spacial score (nSPS) is 22.9. The number of hydrogen-bond donors (Lipinski definition) is 0. The Kier molecular flexibility index (Phi) is 4.61.